The molecule has 0 atom stereocenters. The van der Waals surface area contributed by atoms with Crippen LogP contribution in [0.4, 0.5) is 0 Å². The molecule has 0 radical (unpaired) electrons. The summed E-state index contributed by atoms with van der Waals surface area (Å²) in [5, 5.41) is 0. The number of Topliss-reactive ketones (excluding diaryl/α,β-unsaturated/α-hetero) is 2. The Morgan fingerprint density at radius 3 is 2.11 bits per heavy atom. The van der Waals surface area contributed by atoms with Gasteiger partial charge in [0.2, 0.25) is 0 Å². The van der Waals surface area contributed by atoms with Crippen LogP contribution in [0.5, 0.6) is 5.75 Å². The van der Waals surface area contributed by atoms with E-state index < -0.39 is 5.97 Å². The van der Waals surface area contributed by atoms with Crippen molar-refractivity contribution in [2.24, 2.45) is 0 Å². The molecule has 5 nitrogen and oxygen atoms in total. The third kappa shape index (κ3) is 4.23. The standard InChI is InChI=1S/C20H14I2O5/c1-2-26-17(23)10-27-20-15(21)8-11(9-16(20)22)7-14-18(24)12-5-3-4-6-13(12)19(14)25/h3-9H,2,10H2,1H3. The molecule has 0 spiro atoms. The number of allylic oxidation sites excluding steroid dienone is 1. The molecule has 2 aromatic carbocycles. The highest BCUT2D eigenvalue weighted by atomic mass is 127. The largest absolute Gasteiger partial charge is 0.480 e. The van der Waals surface area contributed by atoms with Gasteiger partial charge in [0.05, 0.1) is 19.3 Å². The predicted molar refractivity (Wildman–Crippen MR) is 117 cm³/mol. The van der Waals surface area contributed by atoms with E-state index in [1.165, 1.54) is 0 Å². The minimum absolute atomic E-state index is 0.156. The van der Waals surface area contributed by atoms with Gasteiger partial charge < -0.3 is 9.47 Å². The van der Waals surface area contributed by atoms with Gasteiger partial charge >= 0.3 is 5.97 Å². The predicted octanol–water partition coefficient (Wildman–Crippen LogP) is 4.30. The summed E-state index contributed by atoms with van der Waals surface area (Å²) in [6.45, 7) is 1.86. The van der Waals surface area contributed by atoms with E-state index in [0.717, 1.165) is 12.7 Å². The first-order chi connectivity index (χ1) is 12.9. The van der Waals surface area contributed by atoms with Gasteiger partial charge in [0.25, 0.3) is 0 Å². The minimum atomic E-state index is -0.435. The number of fused-ring (bicyclic) bond motifs is 1. The van der Waals surface area contributed by atoms with Gasteiger partial charge in [-0.25, -0.2) is 4.79 Å². The van der Waals surface area contributed by atoms with E-state index in [0.29, 0.717) is 23.5 Å². The van der Waals surface area contributed by atoms with E-state index in [9.17, 15) is 14.4 Å². The second-order valence-corrected chi connectivity index (χ2v) is 7.99. The summed E-state index contributed by atoms with van der Waals surface area (Å²) in [4.78, 5) is 36.5. The second kappa shape index (κ2) is 8.51. The third-order valence-electron chi connectivity index (χ3n) is 3.88. The summed E-state index contributed by atoms with van der Waals surface area (Å²) in [7, 11) is 0. The van der Waals surface area contributed by atoms with Crippen LogP contribution in [0, 0.1) is 7.14 Å². The summed E-state index contributed by atoms with van der Waals surface area (Å²) in [6.07, 6.45) is 1.60. The normalized spacial score (nSPS) is 12.8. The van der Waals surface area contributed by atoms with Crippen LogP contribution < -0.4 is 4.74 Å². The number of ketones is 2. The summed E-state index contributed by atoms with van der Waals surface area (Å²) in [5.41, 5.74) is 1.75. The number of carbonyl (C=O) groups excluding carboxylic acids is 3. The number of rotatable bonds is 5. The maximum absolute atomic E-state index is 12.5. The summed E-state index contributed by atoms with van der Waals surface area (Å²) in [5.74, 6) is -0.388. The highest BCUT2D eigenvalue weighted by Crippen LogP contribution is 2.32. The maximum Gasteiger partial charge on any atom is 0.344 e. The van der Waals surface area contributed by atoms with Crippen LogP contribution in [0.1, 0.15) is 33.2 Å². The van der Waals surface area contributed by atoms with Crippen molar-refractivity contribution in [2.45, 2.75) is 6.92 Å². The zero-order valence-electron chi connectivity index (χ0n) is 14.3. The summed E-state index contributed by atoms with van der Waals surface area (Å²) < 4.78 is 12.0. The molecule has 0 aliphatic heterocycles. The number of benzene rings is 2. The molecule has 0 N–H and O–H groups in total. The monoisotopic (exact) mass is 588 g/mol. The Hall–Kier alpha value is -1.75. The smallest absolute Gasteiger partial charge is 0.344 e. The van der Waals surface area contributed by atoms with Crippen LogP contribution in [0.15, 0.2) is 42.0 Å². The van der Waals surface area contributed by atoms with Gasteiger partial charge in [0.1, 0.15) is 5.75 Å². The van der Waals surface area contributed by atoms with Crippen LogP contribution in [-0.4, -0.2) is 30.7 Å². The Labute approximate surface area is 183 Å². The van der Waals surface area contributed by atoms with E-state index in [1.807, 2.05) is 0 Å². The van der Waals surface area contributed by atoms with Gasteiger partial charge in [0, 0.05) is 11.1 Å². The molecule has 7 heteroatoms. The average Bonchev–Trinajstić information content (AvgIpc) is 2.87. The molecule has 0 saturated carbocycles. The molecule has 0 aromatic heterocycles. The molecular formula is C20H14I2O5. The van der Waals surface area contributed by atoms with Crippen molar-refractivity contribution < 1.29 is 23.9 Å². The first-order valence-electron chi connectivity index (χ1n) is 8.10. The molecule has 138 valence electrons. The molecular weight excluding hydrogens is 574 g/mol. The molecule has 1 aliphatic carbocycles. The fourth-order valence-corrected chi connectivity index (χ4v) is 4.83. The van der Waals surface area contributed by atoms with Crippen molar-refractivity contribution in [1.82, 2.24) is 0 Å². The first-order valence-corrected chi connectivity index (χ1v) is 10.3. The average molecular weight is 588 g/mol. The van der Waals surface area contributed by atoms with Crippen molar-refractivity contribution in [1.29, 1.82) is 0 Å². The van der Waals surface area contributed by atoms with E-state index in [4.69, 9.17) is 9.47 Å². The Morgan fingerprint density at radius 1 is 1.04 bits per heavy atom. The molecule has 27 heavy (non-hydrogen) atoms. The van der Waals surface area contributed by atoms with Crippen LogP contribution in [0.2, 0.25) is 0 Å². The van der Waals surface area contributed by atoms with E-state index >= 15 is 0 Å². The zero-order valence-corrected chi connectivity index (χ0v) is 18.6. The lowest BCUT2D eigenvalue weighted by Gasteiger charge is -2.11. The second-order valence-electron chi connectivity index (χ2n) is 5.67. The van der Waals surface area contributed by atoms with Crippen molar-refractivity contribution in [3.05, 3.63) is 65.8 Å². The van der Waals surface area contributed by atoms with Crippen LogP contribution in [-0.2, 0) is 9.53 Å². The molecule has 0 bridgehead atoms. The fourth-order valence-electron chi connectivity index (χ4n) is 2.70. The first kappa shape index (κ1) is 20.0. The Balaban J connectivity index is 1.87. The van der Waals surface area contributed by atoms with Crippen molar-refractivity contribution in [3.63, 3.8) is 0 Å². The molecule has 1 aliphatic rings. The van der Waals surface area contributed by atoms with Gasteiger partial charge in [-0.1, -0.05) is 24.3 Å². The number of hydrogen-bond donors (Lipinski definition) is 0. The van der Waals surface area contributed by atoms with E-state index in [-0.39, 0.29) is 23.7 Å². The third-order valence-corrected chi connectivity index (χ3v) is 5.48. The quantitative estimate of drug-likeness (QED) is 0.226. The van der Waals surface area contributed by atoms with E-state index in [1.54, 1.807) is 49.4 Å². The summed E-state index contributed by atoms with van der Waals surface area (Å²) >= 11 is 4.19. The molecule has 0 fully saturated rings. The lowest BCUT2D eigenvalue weighted by atomic mass is 10.1. The minimum Gasteiger partial charge on any atom is -0.480 e. The van der Waals surface area contributed by atoms with Gasteiger partial charge in [0.15, 0.2) is 18.2 Å². The van der Waals surface area contributed by atoms with Crippen LogP contribution in [0.3, 0.4) is 0 Å². The van der Waals surface area contributed by atoms with Gasteiger partial charge in [-0.3, -0.25) is 9.59 Å². The number of hydrogen-bond acceptors (Lipinski definition) is 5. The topological polar surface area (TPSA) is 69.7 Å². The fraction of sp³-hybridized carbons (Fsp3) is 0.150. The lowest BCUT2D eigenvalue weighted by Crippen LogP contribution is -2.15. The lowest BCUT2D eigenvalue weighted by molar-refractivity contribution is -0.145. The van der Waals surface area contributed by atoms with Gasteiger partial charge in [-0.2, -0.15) is 0 Å². The molecule has 2 aromatic rings. The zero-order chi connectivity index (χ0) is 19.6. The SMILES string of the molecule is CCOC(=O)COc1c(I)cc(C=C2C(=O)c3ccccc3C2=O)cc1I. The number of halogens is 2. The van der Waals surface area contributed by atoms with Crippen molar-refractivity contribution in [3.8, 4) is 5.75 Å². The molecule has 0 heterocycles. The van der Waals surface area contributed by atoms with Crippen molar-refractivity contribution >= 4 is 68.8 Å². The number of carbonyl (C=O) groups is 3. The highest BCUT2D eigenvalue weighted by Gasteiger charge is 2.32. The Kier molecular flexibility index (Phi) is 6.30. The molecule has 0 unspecified atom stereocenters. The van der Waals surface area contributed by atoms with Crippen molar-refractivity contribution in [2.75, 3.05) is 13.2 Å². The maximum atomic E-state index is 12.5. The summed E-state index contributed by atoms with van der Waals surface area (Å²) in [6, 6.07) is 10.4. The van der Waals surface area contributed by atoms with Gasteiger partial charge in [-0.15, -0.1) is 0 Å². The molecule has 0 amide bonds. The van der Waals surface area contributed by atoms with E-state index in [2.05, 4.69) is 45.2 Å². The molecule has 3 rings (SSSR count). The number of ether oxygens (including phenoxy) is 2. The Morgan fingerprint density at radius 2 is 1.59 bits per heavy atom. The Bertz CT molecular complexity index is 918. The highest BCUT2D eigenvalue weighted by molar-refractivity contribution is 14.1. The van der Waals surface area contributed by atoms with Crippen LogP contribution in [0.25, 0.3) is 6.08 Å². The number of esters is 1. The van der Waals surface area contributed by atoms with Crippen LogP contribution >= 0.6 is 45.2 Å². The van der Waals surface area contributed by atoms with Gasteiger partial charge in [-0.05, 0) is 75.9 Å². The molecule has 0 saturated heterocycles.